The number of ether oxygens (including phenoxy) is 1. The van der Waals surface area contributed by atoms with E-state index in [0.29, 0.717) is 6.61 Å². The number of thiophene rings is 1. The van der Waals surface area contributed by atoms with Gasteiger partial charge in [0, 0.05) is 34.6 Å². The molecule has 1 aliphatic rings. The fraction of sp³-hybridized carbons (Fsp3) is 0.333. The van der Waals surface area contributed by atoms with Gasteiger partial charge in [0.25, 0.3) is 0 Å². The van der Waals surface area contributed by atoms with Gasteiger partial charge in [0.2, 0.25) is 0 Å². The van der Waals surface area contributed by atoms with Gasteiger partial charge < -0.3 is 15.0 Å². The first-order chi connectivity index (χ1) is 10.7. The summed E-state index contributed by atoms with van der Waals surface area (Å²) in [6, 6.07) is 8.31. The summed E-state index contributed by atoms with van der Waals surface area (Å²) in [5.41, 5.74) is 0.999. The van der Waals surface area contributed by atoms with Crippen molar-refractivity contribution in [2.24, 2.45) is 0 Å². The highest BCUT2D eigenvalue weighted by molar-refractivity contribution is 9.10. The van der Waals surface area contributed by atoms with Gasteiger partial charge in [-0.1, -0.05) is 6.07 Å². The lowest BCUT2D eigenvalue weighted by Gasteiger charge is -2.26. The first-order valence-corrected chi connectivity index (χ1v) is 8.99. The van der Waals surface area contributed by atoms with E-state index in [4.69, 9.17) is 17.0 Å². The Morgan fingerprint density at radius 3 is 3.00 bits per heavy atom. The van der Waals surface area contributed by atoms with Gasteiger partial charge in [0.1, 0.15) is 0 Å². The summed E-state index contributed by atoms with van der Waals surface area (Å²) in [5.74, 6) is 0. The van der Waals surface area contributed by atoms with Crippen molar-refractivity contribution in [2.45, 2.75) is 12.1 Å². The van der Waals surface area contributed by atoms with Crippen LogP contribution < -0.4 is 5.32 Å². The van der Waals surface area contributed by atoms with Crippen molar-refractivity contribution >= 4 is 44.6 Å². The fourth-order valence-corrected chi connectivity index (χ4v) is 4.55. The molecule has 2 atom stereocenters. The molecule has 1 saturated heterocycles. The van der Waals surface area contributed by atoms with Gasteiger partial charge in [-0.2, -0.15) is 0 Å². The Labute approximate surface area is 147 Å². The van der Waals surface area contributed by atoms with Crippen molar-refractivity contribution in [2.75, 3.05) is 20.3 Å². The van der Waals surface area contributed by atoms with Crippen LogP contribution in [0.1, 0.15) is 22.7 Å². The van der Waals surface area contributed by atoms with E-state index < -0.39 is 0 Å². The van der Waals surface area contributed by atoms with Crippen molar-refractivity contribution in [3.8, 4) is 0 Å². The van der Waals surface area contributed by atoms with Crippen LogP contribution >= 0.6 is 39.5 Å². The quantitative estimate of drug-likeness (QED) is 0.781. The topological polar surface area (TPSA) is 37.4 Å². The van der Waals surface area contributed by atoms with E-state index in [1.54, 1.807) is 18.4 Å². The summed E-state index contributed by atoms with van der Waals surface area (Å²) in [7, 11) is 1.71. The molecule has 1 N–H and O–H groups in total. The van der Waals surface area contributed by atoms with Crippen molar-refractivity contribution in [1.82, 2.24) is 15.2 Å². The molecule has 2 aromatic rings. The SMILES string of the molecule is COCCN1C(=S)N[C@@H](c2ccccn2)[C@@H]1c1cc(Br)cs1. The lowest BCUT2D eigenvalue weighted by Crippen LogP contribution is -2.32. The van der Waals surface area contributed by atoms with Crippen molar-refractivity contribution in [3.05, 3.63) is 50.9 Å². The van der Waals surface area contributed by atoms with E-state index in [2.05, 4.69) is 42.6 Å². The summed E-state index contributed by atoms with van der Waals surface area (Å²) in [6.07, 6.45) is 1.82. The largest absolute Gasteiger partial charge is 0.383 e. The maximum absolute atomic E-state index is 5.54. The highest BCUT2D eigenvalue weighted by atomic mass is 79.9. The molecular formula is C15H16BrN3OS2. The molecule has 0 aliphatic carbocycles. The predicted molar refractivity (Wildman–Crippen MR) is 96.1 cm³/mol. The number of pyridine rings is 1. The first kappa shape index (κ1) is 15.9. The molecule has 0 spiro atoms. The highest BCUT2D eigenvalue weighted by Crippen LogP contribution is 2.41. The van der Waals surface area contributed by atoms with Gasteiger partial charge in [-0.25, -0.2) is 0 Å². The van der Waals surface area contributed by atoms with Crippen LogP contribution in [0.2, 0.25) is 0 Å². The van der Waals surface area contributed by atoms with E-state index >= 15 is 0 Å². The van der Waals surface area contributed by atoms with E-state index in [-0.39, 0.29) is 12.1 Å². The van der Waals surface area contributed by atoms with Gasteiger partial charge in [-0.15, -0.1) is 11.3 Å². The zero-order valence-corrected chi connectivity index (χ0v) is 15.2. The van der Waals surface area contributed by atoms with Crippen molar-refractivity contribution < 1.29 is 4.74 Å². The minimum atomic E-state index is 0.0520. The molecule has 22 heavy (non-hydrogen) atoms. The Morgan fingerprint density at radius 2 is 2.36 bits per heavy atom. The molecule has 0 unspecified atom stereocenters. The normalized spacial score (nSPS) is 21.2. The molecule has 3 heterocycles. The van der Waals surface area contributed by atoms with E-state index in [1.807, 2.05) is 24.4 Å². The van der Waals surface area contributed by atoms with E-state index in [0.717, 1.165) is 21.8 Å². The van der Waals surface area contributed by atoms with Crippen LogP contribution in [0.4, 0.5) is 0 Å². The Bertz CT molecular complexity index is 649. The van der Waals surface area contributed by atoms with E-state index in [1.165, 1.54) is 4.88 Å². The van der Waals surface area contributed by atoms with Gasteiger partial charge in [0.15, 0.2) is 5.11 Å². The number of aromatic nitrogens is 1. The molecular weight excluding hydrogens is 382 g/mol. The molecule has 0 amide bonds. The molecule has 4 nitrogen and oxygen atoms in total. The maximum atomic E-state index is 5.54. The highest BCUT2D eigenvalue weighted by Gasteiger charge is 2.40. The second-order valence-corrected chi connectivity index (χ2v) is 7.23. The van der Waals surface area contributed by atoms with Crippen molar-refractivity contribution in [1.29, 1.82) is 0 Å². The third-order valence-electron chi connectivity index (χ3n) is 3.61. The Kier molecular flexibility index (Phi) is 5.07. The summed E-state index contributed by atoms with van der Waals surface area (Å²) >= 11 is 10.8. The monoisotopic (exact) mass is 397 g/mol. The Balaban J connectivity index is 1.96. The molecule has 0 saturated carbocycles. The molecule has 7 heteroatoms. The molecule has 0 aromatic carbocycles. The number of nitrogens with one attached hydrogen (secondary N) is 1. The van der Waals surface area contributed by atoms with Crippen LogP contribution in [0.3, 0.4) is 0 Å². The van der Waals surface area contributed by atoms with Crippen LogP contribution in [0, 0.1) is 0 Å². The molecule has 0 radical (unpaired) electrons. The lowest BCUT2D eigenvalue weighted by atomic mass is 10.0. The lowest BCUT2D eigenvalue weighted by molar-refractivity contribution is 0.164. The number of rotatable bonds is 5. The number of hydrogen-bond donors (Lipinski definition) is 1. The molecule has 2 aromatic heterocycles. The zero-order chi connectivity index (χ0) is 15.5. The number of methoxy groups -OCH3 is 1. The standard InChI is InChI=1S/C15H16BrN3OS2/c1-20-7-6-19-14(12-8-10(16)9-22-12)13(18-15(19)21)11-4-2-3-5-17-11/h2-5,8-9,13-14H,6-7H2,1H3,(H,18,21)/t13-,14-/m0/s1. The van der Waals surface area contributed by atoms with Crippen molar-refractivity contribution in [3.63, 3.8) is 0 Å². The van der Waals surface area contributed by atoms with Crippen LogP contribution in [0.25, 0.3) is 0 Å². The van der Waals surface area contributed by atoms with Crippen LogP contribution in [-0.2, 0) is 4.74 Å². The van der Waals surface area contributed by atoms with Gasteiger partial charge in [0.05, 0.1) is 24.4 Å². The maximum Gasteiger partial charge on any atom is 0.170 e. The third-order valence-corrected chi connectivity index (χ3v) is 5.73. The molecule has 1 fully saturated rings. The second-order valence-electron chi connectivity index (χ2n) is 4.98. The molecule has 3 rings (SSSR count). The van der Waals surface area contributed by atoms with Crippen LogP contribution in [0.15, 0.2) is 40.3 Å². The Hall–Kier alpha value is -1.02. The minimum absolute atomic E-state index is 0.0520. The predicted octanol–water partition coefficient (Wildman–Crippen LogP) is 3.52. The third kappa shape index (κ3) is 3.17. The first-order valence-electron chi connectivity index (χ1n) is 6.91. The number of halogens is 1. The summed E-state index contributed by atoms with van der Waals surface area (Å²) in [6.45, 7) is 1.39. The average molecular weight is 398 g/mol. The van der Waals surface area contributed by atoms with Gasteiger partial charge in [-0.05, 0) is 46.3 Å². The van der Waals surface area contributed by atoms with Crippen LogP contribution in [-0.4, -0.2) is 35.3 Å². The van der Waals surface area contributed by atoms with Crippen LogP contribution in [0.5, 0.6) is 0 Å². The second kappa shape index (κ2) is 7.04. The minimum Gasteiger partial charge on any atom is -0.383 e. The molecule has 1 aliphatic heterocycles. The summed E-state index contributed by atoms with van der Waals surface area (Å²) < 4.78 is 6.33. The number of thiocarbonyl (C=S) groups is 1. The fourth-order valence-electron chi connectivity index (χ4n) is 2.63. The van der Waals surface area contributed by atoms with Gasteiger partial charge in [-0.3, -0.25) is 4.98 Å². The van der Waals surface area contributed by atoms with E-state index in [9.17, 15) is 0 Å². The molecule has 116 valence electrons. The molecule has 0 bridgehead atoms. The smallest absolute Gasteiger partial charge is 0.170 e. The average Bonchev–Trinajstić information content (AvgIpc) is 3.09. The number of hydrogen-bond acceptors (Lipinski definition) is 4. The zero-order valence-electron chi connectivity index (χ0n) is 12.0. The Morgan fingerprint density at radius 1 is 1.50 bits per heavy atom. The summed E-state index contributed by atoms with van der Waals surface area (Å²) in [4.78, 5) is 7.95. The number of nitrogens with zero attached hydrogens (tertiary/aromatic N) is 2. The summed E-state index contributed by atoms with van der Waals surface area (Å²) in [5, 5.41) is 6.27. The van der Waals surface area contributed by atoms with Gasteiger partial charge >= 0.3 is 0 Å².